The molecule has 0 amide bonds. The van der Waals surface area contributed by atoms with E-state index in [1.165, 1.54) is 23.9 Å². The zero-order valence-corrected chi connectivity index (χ0v) is 9.73. The molecule has 0 radical (unpaired) electrons. The van der Waals surface area contributed by atoms with Gasteiger partial charge in [0, 0.05) is 16.8 Å². The molecule has 1 aromatic carbocycles. The number of hydrogen-bond donors (Lipinski definition) is 1. The molecular formula is C11H8ClFN2S. The number of benzene rings is 1. The van der Waals surface area contributed by atoms with E-state index in [1.807, 2.05) is 0 Å². The van der Waals surface area contributed by atoms with Crippen LogP contribution < -0.4 is 5.73 Å². The summed E-state index contributed by atoms with van der Waals surface area (Å²) >= 11 is 7.09. The number of aromatic nitrogens is 1. The topological polar surface area (TPSA) is 38.9 Å². The summed E-state index contributed by atoms with van der Waals surface area (Å²) in [6, 6.07) is 7.82. The van der Waals surface area contributed by atoms with E-state index in [1.54, 1.807) is 24.4 Å². The van der Waals surface area contributed by atoms with Crippen molar-refractivity contribution < 1.29 is 4.39 Å². The number of anilines is 1. The monoisotopic (exact) mass is 254 g/mol. The van der Waals surface area contributed by atoms with Gasteiger partial charge in [-0.15, -0.1) is 0 Å². The minimum Gasteiger partial charge on any atom is -0.398 e. The van der Waals surface area contributed by atoms with Gasteiger partial charge in [-0.05, 0) is 30.3 Å². The molecule has 0 aliphatic rings. The Labute approximate surface area is 102 Å². The lowest BCUT2D eigenvalue weighted by atomic mass is 10.3. The highest BCUT2D eigenvalue weighted by Gasteiger charge is 2.04. The zero-order valence-electron chi connectivity index (χ0n) is 8.15. The van der Waals surface area contributed by atoms with Crippen LogP contribution in [0, 0.1) is 5.82 Å². The molecule has 2 nitrogen and oxygen atoms in total. The lowest BCUT2D eigenvalue weighted by Gasteiger charge is -2.04. The van der Waals surface area contributed by atoms with Gasteiger partial charge in [0.25, 0.3) is 0 Å². The van der Waals surface area contributed by atoms with Crippen molar-refractivity contribution in [1.29, 1.82) is 0 Å². The lowest BCUT2D eigenvalue weighted by Crippen LogP contribution is -1.90. The highest BCUT2D eigenvalue weighted by molar-refractivity contribution is 7.99. The van der Waals surface area contributed by atoms with Crippen LogP contribution in [0.5, 0.6) is 0 Å². The Hall–Kier alpha value is -1.26. The van der Waals surface area contributed by atoms with E-state index >= 15 is 0 Å². The van der Waals surface area contributed by atoms with Crippen molar-refractivity contribution >= 4 is 29.1 Å². The van der Waals surface area contributed by atoms with E-state index in [4.69, 9.17) is 17.3 Å². The third-order valence-corrected chi connectivity index (χ3v) is 3.15. The first-order chi connectivity index (χ1) is 7.65. The molecule has 0 atom stereocenters. The molecule has 2 N–H and O–H groups in total. The standard InChI is InChI=1S/C11H8ClFN2S/c12-7-1-4-11(15-6-7)16-10-3-2-8(13)5-9(10)14/h1-6H,14H2. The number of halogens is 2. The van der Waals surface area contributed by atoms with E-state index in [2.05, 4.69) is 4.98 Å². The molecule has 5 heteroatoms. The van der Waals surface area contributed by atoms with Crippen LogP contribution in [0.25, 0.3) is 0 Å². The van der Waals surface area contributed by atoms with Crippen molar-refractivity contribution in [3.63, 3.8) is 0 Å². The van der Waals surface area contributed by atoms with Gasteiger partial charge in [0.15, 0.2) is 0 Å². The summed E-state index contributed by atoms with van der Waals surface area (Å²) in [6.07, 6.45) is 1.56. The third-order valence-electron chi connectivity index (χ3n) is 1.89. The summed E-state index contributed by atoms with van der Waals surface area (Å²) in [5.41, 5.74) is 6.09. The Morgan fingerprint density at radius 2 is 2.06 bits per heavy atom. The number of nitrogens with zero attached hydrogens (tertiary/aromatic N) is 1. The van der Waals surface area contributed by atoms with Crippen LogP contribution in [0.2, 0.25) is 5.02 Å². The zero-order chi connectivity index (χ0) is 11.5. The molecule has 0 aliphatic heterocycles. The van der Waals surface area contributed by atoms with Crippen LogP contribution in [-0.4, -0.2) is 4.98 Å². The van der Waals surface area contributed by atoms with Gasteiger partial charge in [0.2, 0.25) is 0 Å². The second-order valence-corrected chi connectivity index (χ2v) is 4.60. The quantitative estimate of drug-likeness (QED) is 0.832. The molecule has 0 saturated carbocycles. The van der Waals surface area contributed by atoms with Crippen molar-refractivity contribution in [3.8, 4) is 0 Å². The Morgan fingerprint density at radius 1 is 1.25 bits per heavy atom. The van der Waals surface area contributed by atoms with Crippen molar-refractivity contribution in [3.05, 3.63) is 47.4 Å². The van der Waals surface area contributed by atoms with Crippen LogP contribution in [0.1, 0.15) is 0 Å². The van der Waals surface area contributed by atoms with E-state index < -0.39 is 0 Å². The van der Waals surface area contributed by atoms with Crippen molar-refractivity contribution in [2.24, 2.45) is 0 Å². The third kappa shape index (κ3) is 2.65. The molecule has 2 rings (SSSR count). The molecule has 1 aromatic heterocycles. The van der Waals surface area contributed by atoms with Gasteiger partial charge >= 0.3 is 0 Å². The molecule has 0 bridgehead atoms. The van der Waals surface area contributed by atoms with Crippen LogP contribution >= 0.6 is 23.4 Å². The Morgan fingerprint density at radius 3 is 2.69 bits per heavy atom. The highest BCUT2D eigenvalue weighted by atomic mass is 35.5. The van der Waals surface area contributed by atoms with Gasteiger partial charge < -0.3 is 5.73 Å². The SMILES string of the molecule is Nc1cc(F)ccc1Sc1ccc(Cl)cn1. The molecule has 82 valence electrons. The van der Waals surface area contributed by atoms with Gasteiger partial charge in [-0.1, -0.05) is 23.4 Å². The maximum absolute atomic E-state index is 12.8. The number of hydrogen-bond acceptors (Lipinski definition) is 3. The highest BCUT2D eigenvalue weighted by Crippen LogP contribution is 2.31. The van der Waals surface area contributed by atoms with Gasteiger partial charge in [0.1, 0.15) is 10.8 Å². The summed E-state index contributed by atoms with van der Waals surface area (Å²) in [7, 11) is 0. The molecule has 0 fully saturated rings. The average Bonchev–Trinajstić information content (AvgIpc) is 2.25. The normalized spacial score (nSPS) is 10.4. The van der Waals surface area contributed by atoms with Gasteiger partial charge in [0.05, 0.1) is 5.02 Å². The fourth-order valence-corrected chi connectivity index (χ4v) is 2.04. The molecule has 2 aromatic rings. The molecule has 0 spiro atoms. The predicted molar refractivity (Wildman–Crippen MR) is 64.2 cm³/mol. The number of nitrogen functional groups attached to an aromatic ring is 1. The van der Waals surface area contributed by atoms with Crippen LogP contribution in [0.15, 0.2) is 46.5 Å². The summed E-state index contributed by atoms with van der Waals surface area (Å²) < 4.78 is 12.8. The minimum absolute atomic E-state index is 0.342. The maximum Gasteiger partial charge on any atom is 0.125 e. The summed E-state index contributed by atoms with van der Waals surface area (Å²) in [4.78, 5) is 4.89. The first-order valence-corrected chi connectivity index (χ1v) is 5.69. The molecular weight excluding hydrogens is 247 g/mol. The Balaban J connectivity index is 2.23. The molecule has 0 aliphatic carbocycles. The van der Waals surface area contributed by atoms with Crippen molar-refractivity contribution in [1.82, 2.24) is 4.98 Å². The van der Waals surface area contributed by atoms with Gasteiger partial charge in [-0.3, -0.25) is 0 Å². The fraction of sp³-hybridized carbons (Fsp3) is 0. The maximum atomic E-state index is 12.8. The summed E-state index contributed by atoms with van der Waals surface area (Å²) in [5, 5.41) is 1.35. The van der Waals surface area contributed by atoms with Gasteiger partial charge in [-0.2, -0.15) is 0 Å². The van der Waals surface area contributed by atoms with Crippen molar-refractivity contribution in [2.75, 3.05) is 5.73 Å². The van der Waals surface area contributed by atoms with E-state index in [0.29, 0.717) is 10.7 Å². The largest absolute Gasteiger partial charge is 0.398 e. The number of pyridine rings is 1. The lowest BCUT2D eigenvalue weighted by molar-refractivity contribution is 0.627. The Bertz CT molecular complexity index is 502. The first-order valence-electron chi connectivity index (χ1n) is 4.49. The van der Waals surface area contributed by atoms with Crippen LogP contribution in [0.3, 0.4) is 0 Å². The fourth-order valence-electron chi connectivity index (χ4n) is 1.15. The number of nitrogens with two attached hydrogens (primary N) is 1. The molecule has 1 heterocycles. The minimum atomic E-state index is -0.342. The predicted octanol–water partition coefficient (Wildman–Crippen LogP) is 3.61. The van der Waals surface area contributed by atoms with E-state index in [-0.39, 0.29) is 5.82 Å². The van der Waals surface area contributed by atoms with Crippen LogP contribution in [-0.2, 0) is 0 Å². The van der Waals surface area contributed by atoms with Crippen molar-refractivity contribution in [2.45, 2.75) is 9.92 Å². The molecule has 0 unspecified atom stereocenters. The molecule has 0 saturated heterocycles. The Kier molecular flexibility index (Phi) is 3.31. The first kappa shape index (κ1) is 11.2. The summed E-state index contributed by atoms with van der Waals surface area (Å²) in [6.45, 7) is 0. The smallest absolute Gasteiger partial charge is 0.125 e. The number of rotatable bonds is 2. The van der Waals surface area contributed by atoms with Crippen LogP contribution in [0.4, 0.5) is 10.1 Å². The van der Waals surface area contributed by atoms with E-state index in [9.17, 15) is 4.39 Å². The second-order valence-electron chi connectivity index (χ2n) is 3.10. The van der Waals surface area contributed by atoms with Gasteiger partial charge in [-0.25, -0.2) is 9.37 Å². The second kappa shape index (κ2) is 4.72. The average molecular weight is 255 g/mol. The molecule has 16 heavy (non-hydrogen) atoms. The summed E-state index contributed by atoms with van der Waals surface area (Å²) in [5.74, 6) is -0.342. The van der Waals surface area contributed by atoms with E-state index in [0.717, 1.165) is 9.92 Å².